The quantitative estimate of drug-likeness (QED) is 0.766. The van der Waals surface area contributed by atoms with E-state index in [4.69, 9.17) is 11.6 Å². The fourth-order valence-electron chi connectivity index (χ4n) is 0.991. The van der Waals surface area contributed by atoms with Crippen molar-refractivity contribution in [3.05, 3.63) is 28.8 Å². The van der Waals surface area contributed by atoms with E-state index in [2.05, 4.69) is 18.8 Å². The standard InChI is InChI=1S/C11H14ClNO/c1-8(2)6-13-7-9-5-10(12)3-4-11(9)14/h3-5,7-8,14H,6H2,1-2H3. The molecule has 1 rings (SSSR count). The van der Waals surface area contributed by atoms with Gasteiger partial charge >= 0.3 is 0 Å². The van der Waals surface area contributed by atoms with Gasteiger partial charge in [-0.05, 0) is 24.1 Å². The summed E-state index contributed by atoms with van der Waals surface area (Å²) in [7, 11) is 0. The van der Waals surface area contributed by atoms with Crippen LogP contribution in [0.1, 0.15) is 19.4 Å². The zero-order chi connectivity index (χ0) is 10.6. The van der Waals surface area contributed by atoms with Crippen molar-refractivity contribution < 1.29 is 5.11 Å². The van der Waals surface area contributed by atoms with Gasteiger partial charge in [0, 0.05) is 23.3 Å². The first-order chi connectivity index (χ1) is 6.59. The van der Waals surface area contributed by atoms with E-state index in [-0.39, 0.29) is 5.75 Å². The molecule has 1 aromatic carbocycles. The van der Waals surface area contributed by atoms with Crippen molar-refractivity contribution in [2.24, 2.45) is 10.9 Å². The number of phenolic OH excluding ortho intramolecular Hbond substituents is 1. The minimum absolute atomic E-state index is 0.210. The maximum absolute atomic E-state index is 9.45. The van der Waals surface area contributed by atoms with Gasteiger partial charge in [-0.1, -0.05) is 25.4 Å². The van der Waals surface area contributed by atoms with Gasteiger partial charge in [0.2, 0.25) is 0 Å². The molecule has 3 heteroatoms. The lowest BCUT2D eigenvalue weighted by molar-refractivity contribution is 0.474. The molecule has 0 aromatic heterocycles. The van der Waals surface area contributed by atoms with Crippen LogP contribution in [0.5, 0.6) is 5.75 Å². The number of phenols is 1. The molecule has 0 amide bonds. The van der Waals surface area contributed by atoms with Crippen LogP contribution < -0.4 is 0 Å². The Morgan fingerprint density at radius 1 is 1.50 bits per heavy atom. The van der Waals surface area contributed by atoms with Crippen LogP contribution in [0.25, 0.3) is 0 Å². The highest BCUT2D eigenvalue weighted by Gasteiger charge is 1.98. The molecule has 0 atom stereocenters. The first-order valence-electron chi connectivity index (χ1n) is 4.58. The molecule has 2 nitrogen and oxygen atoms in total. The lowest BCUT2D eigenvalue weighted by atomic mass is 10.2. The number of hydrogen-bond acceptors (Lipinski definition) is 2. The molecule has 0 spiro atoms. The Hall–Kier alpha value is -1.02. The molecule has 0 radical (unpaired) electrons. The molecule has 0 fully saturated rings. The molecule has 76 valence electrons. The predicted molar refractivity (Wildman–Crippen MR) is 60.4 cm³/mol. The lowest BCUT2D eigenvalue weighted by Gasteiger charge is -2.00. The molecule has 0 bridgehead atoms. The SMILES string of the molecule is CC(C)CN=Cc1cc(Cl)ccc1O. The smallest absolute Gasteiger partial charge is 0.124 e. The number of aliphatic imine (C=N–C) groups is 1. The van der Waals surface area contributed by atoms with E-state index in [9.17, 15) is 5.11 Å². The van der Waals surface area contributed by atoms with E-state index in [0.717, 1.165) is 6.54 Å². The highest BCUT2D eigenvalue weighted by molar-refractivity contribution is 6.30. The summed E-state index contributed by atoms with van der Waals surface area (Å²) in [5.41, 5.74) is 0.665. The van der Waals surface area contributed by atoms with Crippen molar-refractivity contribution in [1.29, 1.82) is 0 Å². The first-order valence-corrected chi connectivity index (χ1v) is 4.95. The summed E-state index contributed by atoms with van der Waals surface area (Å²) in [5, 5.41) is 10.1. The van der Waals surface area contributed by atoms with E-state index in [0.29, 0.717) is 16.5 Å². The molecule has 0 aliphatic rings. The van der Waals surface area contributed by atoms with Crippen LogP contribution in [-0.4, -0.2) is 17.9 Å². The summed E-state index contributed by atoms with van der Waals surface area (Å²) in [6.45, 7) is 4.94. The molecule has 0 unspecified atom stereocenters. The van der Waals surface area contributed by atoms with Crippen molar-refractivity contribution in [3.8, 4) is 5.75 Å². The maximum Gasteiger partial charge on any atom is 0.124 e. The van der Waals surface area contributed by atoms with Gasteiger partial charge in [0.05, 0.1) is 0 Å². The van der Waals surface area contributed by atoms with Crippen LogP contribution in [-0.2, 0) is 0 Å². The number of halogens is 1. The third-order valence-electron chi connectivity index (χ3n) is 1.69. The molecule has 0 aliphatic carbocycles. The third-order valence-corrected chi connectivity index (χ3v) is 1.93. The number of aromatic hydroxyl groups is 1. The average molecular weight is 212 g/mol. The third kappa shape index (κ3) is 3.38. The number of hydrogen-bond donors (Lipinski definition) is 1. The van der Waals surface area contributed by atoms with Gasteiger partial charge in [0.1, 0.15) is 5.75 Å². The van der Waals surface area contributed by atoms with Gasteiger partial charge in [-0.3, -0.25) is 4.99 Å². The number of benzene rings is 1. The van der Waals surface area contributed by atoms with E-state index in [1.807, 2.05) is 0 Å². The van der Waals surface area contributed by atoms with Gasteiger partial charge in [-0.2, -0.15) is 0 Å². The molecule has 0 saturated carbocycles. The molecule has 14 heavy (non-hydrogen) atoms. The molecule has 0 aliphatic heterocycles. The van der Waals surface area contributed by atoms with Crippen molar-refractivity contribution >= 4 is 17.8 Å². The molecular weight excluding hydrogens is 198 g/mol. The largest absolute Gasteiger partial charge is 0.507 e. The van der Waals surface area contributed by atoms with Crippen LogP contribution in [0, 0.1) is 5.92 Å². The van der Waals surface area contributed by atoms with E-state index in [1.54, 1.807) is 24.4 Å². The minimum atomic E-state index is 0.210. The fourth-order valence-corrected chi connectivity index (χ4v) is 1.17. The van der Waals surface area contributed by atoms with Crippen molar-refractivity contribution in [1.82, 2.24) is 0 Å². The summed E-state index contributed by atoms with van der Waals surface area (Å²) in [5.74, 6) is 0.731. The van der Waals surface area contributed by atoms with E-state index >= 15 is 0 Å². The topological polar surface area (TPSA) is 32.6 Å². The van der Waals surface area contributed by atoms with Crippen molar-refractivity contribution in [2.75, 3.05) is 6.54 Å². The Balaban J connectivity index is 2.75. The van der Waals surface area contributed by atoms with Gasteiger partial charge in [0.15, 0.2) is 0 Å². The zero-order valence-corrected chi connectivity index (χ0v) is 9.12. The van der Waals surface area contributed by atoms with Crippen LogP contribution in [0.2, 0.25) is 5.02 Å². The van der Waals surface area contributed by atoms with E-state index in [1.165, 1.54) is 0 Å². The van der Waals surface area contributed by atoms with Crippen LogP contribution >= 0.6 is 11.6 Å². The van der Waals surface area contributed by atoms with Crippen LogP contribution in [0.4, 0.5) is 0 Å². The van der Waals surface area contributed by atoms with Gasteiger partial charge in [-0.15, -0.1) is 0 Å². The Bertz CT molecular complexity index is 334. The summed E-state index contributed by atoms with van der Waals surface area (Å²) in [6.07, 6.45) is 1.65. The van der Waals surface area contributed by atoms with Crippen molar-refractivity contribution in [3.63, 3.8) is 0 Å². The lowest BCUT2D eigenvalue weighted by Crippen LogP contribution is -1.93. The normalized spacial score (nSPS) is 11.4. The maximum atomic E-state index is 9.45. The van der Waals surface area contributed by atoms with Crippen LogP contribution in [0.3, 0.4) is 0 Å². The highest BCUT2D eigenvalue weighted by atomic mass is 35.5. The Labute approximate surface area is 89.2 Å². The molecule has 0 saturated heterocycles. The Kier molecular flexibility index (Phi) is 3.96. The zero-order valence-electron chi connectivity index (χ0n) is 8.37. The number of nitrogens with zero attached hydrogens (tertiary/aromatic N) is 1. The van der Waals surface area contributed by atoms with Crippen molar-refractivity contribution in [2.45, 2.75) is 13.8 Å². The average Bonchev–Trinajstić information content (AvgIpc) is 2.10. The predicted octanol–water partition coefficient (Wildman–Crippen LogP) is 3.12. The summed E-state index contributed by atoms with van der Waals surface area (Å²) >= 11 is 5.79. The van der Waals surface area contributed by atoms with Crippen LogP contribution in [0.15, 0.2) is 23.2 Å². The summed E-state index contributed by atoms with van der Waals surface area (Å²) in [6, 6.07) is 4.91. The first kappa shape index (κ1) is 11.1. The van der Waals surface area contributed by atoms with Gasteiger partial charge in [-0.25, -0.2) is 0 Å². The second-order valence-corrected chi connectivity index (χ2v) is 4.03. The van der Waals surface area contributed by atoms with Gasteiger partial charge < -0.3 is 5.11 Å². The Morgan fingerprint density at radius 2 is 2.21 bits per heavy atom. The molecule has 1 N–H and O–H groups in total. The van der Waals surface area contributed by atoms with E-state index < -0.39 is 0 Å². The summed E-state index contributed by atoms with van der Waals surface area (Å²) < 4.78 is 0. The second kappa shape index (κ2) is 5.01. The minimum Gasteiger partial charge on any atom is -0.507 e. The monoisotopic (exact) mass is 211 g/mol. The second-order valence-electron chi connectivity index (χ2n) is 3.59. The Morgan fingerprint density at radius 3 is 2.86 bits per heavy atom. The number of rotatable bonds is 3. The van der Waals surface area contributed by atoms with Gasteiger partial charge in [0.25, 0.3) is 0 Å². The fraction of sp³-hybridized carbons (Fsp3) is 0.364. The molecular formula is C11H14ClNO. The molecule has 0 heterocycles. The summed E-state index contributed by atoms with van der Waals surface area (Å²) in [4.78, 5) is 4.20. The highest BCUT2D eigenvalue weighted by Crippen LogP contribution is 2.19. The molecule has 1 aromatic rings.